The molecule has 3 heteroatoms. The zero-order chi connectivity index (χ0) is 9.68. The Bertz CT molecular complexity index is 310. The summed E-state index contributed by atoms with van der Waals surface area (Å²) in [5.74, 6) is -0.238. The zero-order valence-electron chi connectivity index (χ0n) is 7.35. The van der Waals surface area contributed by atoms with E-state index in [1.165, 1.54) is 17.7 Å². The average Bonchev–Trinajstić information content (AvgIpc) is 2.14. The van der Waals surface area contributed by atoms with Crippen LogP contribution < -0.4 is 5.32 Å². The summed E-state index contributed by atoms with van der Waals surface area (Å²) in [4.78, 5) is 0. The lowest BCUT2D eigenvalue weighted by molar-refractivity contribution is 0.628. The molecule has 0 spiro atoms. The topological polar surface area (TPSA) is 12.0 Å². The maximum Gasteiger partial charge on any atom is 0.125 e. The van der Waals surface area contributed by atoms with Gasteiger partial charge in [0, 0.05) is 17.8 Å². The number of hydrogen-bond acceptors (Lipinski definition) is 1. The van der Waals surface area contributed by atoms with E-state index < -0.39 is 0 Å². The van der Waals surface area contributed by atoms with E-state index in [1.807, 2.05) is 13.0 Å². The molecule has 0 fully saturated rings. The number of nitrogens with one attached hydrogen (secondary N) is 1. The molecule has 0 aliphatic carbocycles. The Balaban J connectivity index is 2.55. The van der Waals surface area contributed by atoms with Crippen LogP contribution in [-0.4, -0.2) is 6.54 Å². The van der Waals surface area contributed by atoms with Crippen molar-refractivity contribution in [1.82, 2.24) is 0 Å². The maximum absolute atomic E-state index is 12.7. The molecule has 13 heavy (non-hydrogen) atoms. The van der Waals surface area contributed by atoms with Crippen LogP contribution >= 0.6 is 11.6 Å². The minimum absolute atomic E-state index is 0.238. The third-order valence-corrected chi connectivity index (χ3v) is 1.95. The van der Waals surface area contributed by atoms with Crippen LogP contribution in [0.3, 0.4) is 0 Å². The first-order valence-electron chi connectivity index (χ1n) is 3.97. The van der Waals surface area contributed by atoms with Gasteiger partial charge >= 0.3 is 0 Å². The van der Waals surface area contributed by atoms with Gasteiger partial charge in [-0.1, -0.05) is 17.7 Å². The first-order valence-corrected chi connectivity index (χ1v) is 4.41. The van der Waals surface area contributed by atoms with Gasteiger partial charge in [0.2, 0.25) is 0 Å². The first kappa shape index (κ1) is 10.1. The zero-order valence-corrected chi connectivity index (χ0v) is 8.11. The number of rotatable bonds is 3. The van der Waals surface area contributed by atoms with E-state index in [9.17, 15) is 4.39 Å². The van der Waals surface area contributed by atoms with Gasteiger partial charge in [-0.3, -0.25) is 0 Å². The molecule has 0 amide bonds. The summed E-state index contributed by atoms with van der Waals surface area (Å²) in [7, 11) is 0. The standard InChI is InChI=1S/C10H11ClFN/c1-8(6-11)7-13-10-4-2-3-9(12)5-10/h2-6,13H,7H2,1H3/b8-6-. The fraction of sp³-hybridized carbons (Fsp3) is 0.200. The molecule has 1 rings (SSSR count). The van der Waals surface area contributed by atoms with Gasteiger partial charge in [-0.15, -0.1) is 0 Å². The Morgan fingerprint density at radius 2 is 2.38 bits per heavy atom. The highest BCUT2D eigenvalue weighted by molar-refractivity contribution is 6.25. The summed E-state index contributed by atoms with van der Waals surface area (Å²) in [5.41, 5.74) is 3.27. The number of hydrogen-bond donors (Lipinski definition) is 1. The van der Waals surface area contributed by atoms with Gasteiger partial charge in [0.05, 0.1) is 0 Å². The Morgan fingerprint density at radius 1 is 1.62 bits per heavy atom. The van der Waals surface area contributed by atoms with E-state index >= 15 is 0 Å². The maximum atomic E-state index is 12.7. The van der Waals surface area contributed by atoms with Crippen LogP contribution in [0.4, 0.5) is 10.1 Å². The van der Waals surface area contributed by atoms with E-state index in [2.05, 4.69) is 5.32 Å². The molecule has 0 saturated heterocycles. The Kier molecular flexibility index (Phi) is 3.77. The predicted molar refractivity (Wildman–Crippen MR) is 54.5 cm³/mol. The Labute approximate surface area is 82.2 Å². The second-order valence-corrected chi connectivity index (χ2v) is 3.04. The molecule has 0 aromatic heterocycles. The minimum atomic E-state index is -0.238. The molecule has 0 aliphatic rings. The lowest BCUT2D eigenvalue weighted by Gasteiger charge is -2.05. The van der Waals surface area contributed by atoms with Crippen molar-refractivity contribution in [1.29, 1.82) is 0 Å². The van der Waals surface area contributed by atoms with Crippen molar-refractivity contribution in [3.63, 3.8) is 0 Å². The normalized spacial score (nSPS) is 11.5. The molecule has 0 atom stereocenters. The highest BCUT2D eigenvalue weighted by Crippen LogP contribution is 2.09. The highest BCUT2D eigenvalue weighted by atomic mass is 35.5. The SMILES string of the molecule is C/C(=C/Cl)CNc1cccc(F)c1. The van der Waals surface area contributed by atoms with E-state index in [0.29, 0.717) is 6.54 Å². The summed E-state index contributed by atoms with van der Waals surface area (Å²) in [6.07, 6.45) is 0. The van der Waals surface area contributed by atoms with Gasteiger partial charge in [-0.05, 0) is 30.7 Å². The number of halogens is 2. The molecular weight excluding hydrogens is 189 g/mol. The third-order valence-electron chi connectivity index (χ3n) is 1.58. The lowest BCUT2D eigenvalue weighted by atomic mass is 10.3. The highest BCUT2D eigenvalue weighted by Gasteiger charge is 1.93. The smallest absolute Gasteiger partial charge is 0.125 e. The fourth-order valence-electron chi connectivity index (χ4n) is 0.878. The molecule has 0 heterocycles. The van der Waals surface area contributed by atoms with Crippen molar-refractivity contribution < 1.29 is 4.39 Å². The summed E-state index contributed by atoms with van der Waals surface area (Å²) in [6.45, 7) is 2.53. The summed E-state index contributed by atoms with van der Waals surface area (Å²) in [6, 6.07) is 6.33. The van der Waals surface area contributed by atoms with Crippen LogP contribution in [0.15, 0.2) is 35.4 Å². The van der Waals surface area contributed by atoms with Crippen LogP contribution in [0, 0.1) is 5.82 Å². The summed E-state index contributed by atoms with van der Waals surface area (Å²) < 4.78 is 12.7. The van der Waals surface area contributed by atoms with Gasteiger partial charge in [-0.2, -0.15) is 0 Å². The van der Waals surface area contributed by atoms with E-state index in [4.69, 9.17) is 11.6 Å². The van der Waals surface area contributed by atoms with Crippen molar-refractivity contribution in [2.24, 2.45) is 0 Å². The molecule has 0 unspecified atom stereocenters. The Morgan fingerprint density at radius 3 is 3.00 bits per heavy atom. The summed E-state index contributed by atoms with van der Waals surface area (Å²) in [5, 5.41) is 3.04. The van der Waals surface area contributed by atoms with E-state index in [1.54, 1.807) is 6.07 Å². The fourth-order valence-corrected chi connectivity index (χ4v) is 0.956. The van der Waals surface area contributed by atoms with Crippen LogP contribution in [-0.2, 0) is 0 Å². The largest absolute Gasteiger partial charge is 0.381 e. The molecule has 70 valence electrons. The van der Waals surface area contributed by atoms with Gasteiger partial charge in [0.15, 0.2) is 0 Å². The number of benzene rings is 1. The molecule has 0 radical (unpaired) electrons. The van der Waals surface area contributed by atoms with Gasteiger partial charge in [-0.25, -0.2) is 4.39 Å². The molecule has 1 aromatic rings. The van der Waals surface area contributed by atoms with Crippen LogP contribution in [0.25, 0.3) is 0 Å². The van der Waals surface area contributed by atoms with Crippen molar-refractivity contribution >= 4 is 17.3 Å². The predicted octanol–water partition coefficient (Wildman–Crippen LogP) is 3.38. The second-order valence-electron chi connectivity index (χ2n) is 2.82. The van der Waals surface area contributed by atoms with Crippen LogP contribution in [0.2, 0.25) is 0 Å². The summed E-state index contributed by atoms with van der Waals surface area (Å²) >= 11 is 5.47. The quantitative estimate of drug-likeness (QED) is 0.787. The average molecular weight is 200 g/mol. The van der Waals surface area contributed by atoms with Crippen molar-refractivity contribution in [3.05, 3.63) is 41.2 Å². The monoisotopic (exact) mass is 199 g/mol. The lowest BCUT2D eigenvalue weighted by Crippen LogP contribution is -2.02. The van der Waals surface area contributed by atoms with Crippen LogP contribution in [0.1, 0.15) is 6.92 Å². The van der Waals surface area contributed by atoms with Crippen molar-refractivity contribution in [2.45, 2.75) is 6.92 Å². The molecule has 1 nitrogen and oxygen atoms in total. The molecule has 0 bridgehead atoms. The Hall–Kier alpha value is -1.02. The second kappa shape index (κ2) is 4.87. The van der Waals surface area contributed by atoms with E-state index in [-0.39, 0.29) is 5.82 Å². The molecule has 1 aromatic carbocycles. The molecule has 0 aliphatic heterocycles. The third kappa shape index (κ3) is 3.47. The van der Waals surface area contributed by atoms with Crippen molar-refractivity contribution in [3.8, 4) is 0 Å². The van der Waals surface area contributed by atoms with Gasteiger partial charge in [0.25, 0.3) is 0 Å². The molecule has 1 N–H and O–H groups in total. The van der Waals surface area contributed by atoms with E-state index in [0.717, 1.165) is 11.3 Å². The van der Waals surface area contributed by atoms with Crippen molar-refractivity contribution in [2.75, 3.05) is 11.9 Å². The minimum Gasteiger partial charge on any atom is -0.381 e. The first-order chi connectivity index (χ1) is 6.22. The molecule has 0 saturated carbocycles. The van der Waals surface area contributed by atoms with Gasteiger partial charge in [0.1, 0.15) is 5.82 Å². The van der Waals surface area contributed by atoms with Crippen LogP contribution in [0.5, 0.6) is 0 Å². The number of anilines is 1. The van der Waals surface area contributed by atoms with Gasteiger partial charge < -0.3 is 5.32 Å². The molecular formula is C10H11ClFN.